The third-order valence-corrected chi connectivity index (χ3v) is 4.61. The van der Waals surface area contributed by atoms with E-state index in [1.165, 1.54) is 11.8 Å². The molecule has 0 unspecified atom stereocenters. The number of aromatic nitrogens is 3. The van der Waals surface area contributed by atoms with Gasteiger partial charge in [0.05, 0.1) is 10.7 Å². The van der Waals surface area contributed by atoms with Gasteiger partial charge in [-0.1, -0.05) is 42.1 Å². The Hall–Kier alpha value is -2.12. The van der Waals surface area contributed by atoms with Crippen LogP contribution in [0.15, 0.2) is 63.3 Å². The van der Waals surface area contributed by atoms with E-state index in [1.807, 2.05) is 24.5 Å². The molecule has 7 heteroatoms. The molecule has 5 nitrogen and oxygen atoms in total. The fourth-order valence-electron chi connectivity index (χ4n) is 2.16. The van der Waals surface area contributed by atoms with Crippen molar-refractivity contribution in [1.82, 2.24) is 14.9 Å². The van der Waals surface area contributed by atoms with Crippen molar-refractivity contribution in [2.24, 2.45) is 5.10 Å². The summed E-state index contributed by atoms with van der Waals surface area (Å²) in [5.74, 6) is 0.977. The van der Waals surface area contributed by atoms with Gasteiger partial charge >= 0.3 is 0 Å². The van der Waals surface area contributed by atoms with E-state index in [2.05, 4.69) is 43.4 Å². The third-order valence-electron chi connectivity index (χ3n) is 3.36. The summed E-state index contributed by atoms with van der Waals surface area (Å²) in [6.07, 6.45) is 4.33. The number of thioether (sulfide) groups is 1. The number of phenolic OH excluding ortho intramolecular Hbond substituents is 1. The highest BCUT2D eigenvalue weighted by atomic mass is 79.9. The van der Waals surface area contributed by atoms with Crippen molar-refractivity contribution in [2.75, 3.05) is 6.26 Å². The molecule has 0 fully saturated rings. The summed E-state index contributed by atoms with van der Waals surface area (Å²) in [6, 6.07) is 15.3. The molecule has 0 bridgehead atoms. The lowest BCUT2D eigenvalue weighted by molar-refractivity contribution is 0.472. The van der Waals surface area contributed by atoms with Crippen molar-refractivity contribution in [1.29, 1.82) is 0 Å². The minimum Gasteiger partial charge on any atom is -0.507 e. The first-order chi connectivity index (χ1) is 11.7. The lowest BCUT2D eigenvalue weighted by atomic mass is 10.1. The van der Waals surface area contributed by atoms with Crippen molar-refractivity contribution in [2.45, 2.75) is 11.6 Å². The van der Waals surface area contributed by atoms with E-state index < -0.39 is 0 Å². The van der Waals surface area contributed by atoms with Crippen LogP contribution in [0.4, 0.5) is 0 Å². The number of phenols is 1. The molecule has 3 rings (SSSR count). The standard InChI is InChI=1S/C17H15BrN4OS/c1-24-17-21-20-16(10-12-5-3-2-4-6-12)22(17)19-11-13-7-8-15(23)14(18)9-13/h2-9,11,23H,10H2,1H3/b19-11-. The zero-order valence-corrected chi connectivity index (χ0v) is 15.3. The highest BCUT2D eigenvalue weighted by Crippen LogP contribution is 2.23. The van der Waals surface area contributed by atoms with E-state index in [-0.39, 0.29) is 5.75 Å². The van der Waals surface area contributed by atoms with Gasteiger partial charge in [-0.15, -0.1) is 10.2 Å². The summed E-state index contributed by atoms with van der Waals surface area (Å²) in [5.41, 5.74) is 2.02. The van der Waals surface area contributed by atoms with E-state index in [9.17, 15) is 5.11 Å². The van der Waals surface area contributed by atoms with Gasteiger partial charge in [0.25, 0.3) is 0 Å². The number of hydrogen-bond acceptors (Lipinski definition) is 5. The van der Waals surface area contributed by atoms with Crippen LogP contribution in [-0.2, 0) is 6.42 Å². The Morgan fingerprint density at radius 3 is 2.71 bits per heavy atom. The minimum atomic E-state index is 0.200. The van der Waals surface area contributed by atoms with Crippen LogP contribution in [-0.4, -0.2) is 32.5 Å². The summed E-state index contributed by atoms with van der Waals surface area (Å²) in [7, 11) is 0. The summed E-state index contributed by atoms with van der Waals surface area (Å²) in [6.45, 7) is 0. The summed E-state index contributed by atoms with van der Waals surface area (Å²) in [4.78, 5) is 0. The lowest BCUT2D eigenvalue weighted by Crippen LogP contribution is -2.01. The first kappa shape index (κ1) is 16.7. The van der Waals surface area contributed by atoms with Gasteiger partial charge in [0, 0.05) is 6.42 Å². The van der Waals surface area contributed by atoms with Crippen LogP contribution in [0.3, 0.4) is 0 Å². The Morgan fingerprint density at radius 1 is 1.21 bits per heavy atom. The molecule has 122 valence electrons. The second-order valence-corrected chi connectivity index (χ2v) is 6.66. The van der Waals surface area contributed by atoms with Crippen molar-refractivity contribution in [3.05, 3.63) is 70.0 Å². The lowest BCUT2D eigenvalue weighted by Gasteiger charge is -2.04. The minimum absolute atomic E-state index is 0.200. The number of halogens is 1. The Morgan fingerprint density at radius 2 is 2.00 bits per heavy atom. The van der Waals surface area contributed by atoms with Gasteiger partial charge in [0.15, 0.2) is 5.82 Å². The molecule has 0 aliphatic carbocycles. The number of hydrogen-bond donors (Lipinski definition) is 1. The van der Waals surface area contributed by atoms with Crippen LogP contribution in [0.2, 0.25) is 0 Å². The molecule has 0 spiro atoms. The molecule has 1 N–H and O–H groups in total. The molecule has 1 aromatic heterocycles. The average Bonchev–Trinajstić information content (AvgIpc) is 2.98. The fraction of sp³-hybridized carbons (Fsp3) is 0.118. The zero-order valence-electron chi connectivity index (χ0n) is 12.9. The number of benzene rings is 2. The van der Waals surface area contributed by atoms with Gasteiger partial charge < -0.3 is 5.11 Å². The first-order valence-corrected chi connectivity index (χ1v) is 9.24. The molecule has 0 saturated heterocycles. The molecule has 2 aromatic carbocycles. The number of rotatable bonds is 5. The fourth-order valence-corrected chi connectivity index (χ4v) is 3.00. The van der Waals surface area contributed by atoms with E-state index in [4.69, 9.17) is 0 Å². The molecule has 24 heavy (non-hydrogen) atoms. The summed E-state index contributed by atoms with van der Waals surface area (Å²) >= 11 is 4.80. The molecule has 1 heterocycles. The zero-order chi connectivity index (χ0) is 16.9. The molecule has 0 aliphatic heterocycles. The SMILES string of the molecule is CSc1nnc(Cc2ccccc2)n1/N=C\c1ccc(O)c(Br)c1. The van der Waals surface area contributed by atoms with Gasteiger partial charge in [-0.3, -0.25) is 0 Å². The molecule has 0 saturated carbocycles. The van der Waals surface area contributed by atoms with Gasteiger partial charge in [-0.25, -0.2) is 0 Å². The van der Waals surface area contributed by atoms with Gasteiger partial charge in [0.1, 0.15) is 5.75 Å². The van der Waals surface area contributed by atoms with Crippen LogP contribution < -0.4 is 0 Å². The molecular formula is C17H15BrN4OS. The van der Waals surface area contributed by atoms with Crippen LogP contribution in [0.5, 0.6) is 5.75 Å². The van der Waals surface area contributed by atoms with Crippen LogP contribution in [0, 0.1) is 0 Å². The third kappa shape index (κ3) is 3.85. The van der Waals surface area contributed by atoms with Crippen LogP contribution >= 0.6 is 27.7 Å². The summed E-state index contributed by atoms with van der Waals surface area (Å²) < 4.78 is 2.38. The molecular weight excluding hydrogens is 388 g/mol. The van der Waals surface area contributed by atoms with Crippen LogP contribution in [0.25, 0.3) is 0 Å². The monoisotopic (exact) mass is 402 g/mol. The van der Waals surface area contributed by atoms with Crippen LogP contribution in [0.1, 0.15) is 17.0 Å². The molecule has 0 amide bonds. The second kappa shape index (κ2) is 7.63. The maximum Gasteiger partial charge on any atom is 0.211 e. The topological polar surface area (TPSA) is 63.3 Å². The van der Waals surface area contributed by atoms with E-state index in [1.54, 1.807) is 29.1 Å². The van der Waals surface area contributed by atoms with Crippen molar-refractivity contribution in [3.63, 3.8) is 0 Å². The first-order valence-electron chi connectivity index (χ1n) is 7.22. The van der Waals surface area contributed by atoms with E-state index in [0.717, 1.165) is 22.1 Å². The predicted molar refractivity (Wildman–Crippen MR) is 99.8 cm³/mol. The number of nitrogens with zero attached hydrogens (tertiary/aromatic N) is 4. The summed E-state index contributed by atoms with van der Waals surface area (Å²) in [5, 5.41) is 23.3. The molecule has 0 radical (unpaired) electrons. The highest BCUT2D eigenvalue weighted by molar-refractivity contribution is 9.10. The average molecular weight is 403 g/mol. The Balaban J connectivity index is 1.90. The predicted octanol–water partition coefficient (Wildman–Crippen LogP) is 3.94. The molecule has 3 aromatic rings. The van der Waals surface area contributed by atoms with Crippen molar-refractivity contribution >= 4 is 33.9 Å². The van der Waals surface area contributed by atoms with Crippen molar-refractivity contribution < 1.29 is 5.11 Å². The highest BCUT2D eigenvalue weighted by Gasteiger charge is 2.11. The Bertz CT molecular complexity index is 864. The smallest absolute Gasteiger partial charge is 0.211 e. The Kier molecular flexibility index (Phi) is 5.32. The van der Waals surface area contributed by atoms with Gasteiger partial charge in [0.2, 0.25) is 5.16 Å². The maximum atomic E-state index is 9.57. The van der Waals surface area contributed by atoms with Crippen molar-refractivity contribution in [3.8, 4) is 5.75 Å². The largest absolute Gasteiger partial charge is 0.507 e. The van der Waals surface area contributed by atoms with E-state index >= 15 is 0 Å². The van der Waals surface area contributed by atoms with E-state index in [0.29, 0.717) is 10.9 Å². The normalized spacial score (nSPS) is 11.2. The maximum absolute atomic E-state index is 9.57. The van der Waals surface area contributed by atoms with Gasteiger partial charge in [-0.2, -0.15) is 9.78 Å². The Labute approximate surface area is 152 Å². The molecule has 0 aliphatic rings. The number of aromatic hydroxyl groups is 1. The van der Waals surface area contributed by atoms with Gasteiger partial charge in [-0.05, 0) is 51.5 Å². The molecule has 0 atom stereocenters. The quantitative estimate of drug-likeness (QED) is 0.518. The second-order valence-electron chi connectivity index (χ2n) is 5.03.